The van der Waals surface area contributed by atoms with Gasteiger partial charge in [0.15, 0.2) is 0 Å². The second kappa shape index (κ2) is 5.04. The molecule has 3 aromatic rings. The Morgan fingerprint density at radius 3 is 2.40 bits per heavy atom. The SMILES string of the molecule is CC(C)Oc1ccccc1-c1cc2ccccc2n1C. The van der Waals surface area contributed by atoms with Crippen LogP contribution in [0.4, 0.5) is 0 Å². The highest BCUT2D eigenvalue weighted by Crippen LogP contribution is 2.33. The number of aromatic nitrogens is 1. The highest BCUT2D eigenvalue weighted by atomic mass is 16.5. The molecule has 0 saturated carbocycles. The summed E-state index contributed by atoms with van der Waals surface area (Å²) in [5.74, 6) is 0.938. The van der Waals surface area contributed by atoms with Crippen molar-refractivity contribution in [2.24, 2.45) is 7.05 Å². The number of fused-ring (bicyclic) bond motifs is 1. The molecule has 1 heterocycles. The maximum Gasteiger partial charge on any atom is 0.129 e. The van der Waals surface area contributed by atoms with E-state index in [9.17, 15) is 0 Å². The Balaban J connectivity index is 2.18. The smallest absolute Gasteiger partial charge is 0.129 e. The van der Waals surface area contributed by atoms with E-state index in [2.05, 4.69) is 67.9 Å². The summed E-state index contributed by atoms with van der Waals surface area (Å²) >= 11 is 0. The minimum Gasteiger partial charge on any atom is -0.490 e. The largest absolute Gasteiger partial charge is 0.490 e. The van der Waals surface area contributed by atoms with Crippen LogP contribution >= 0.6 is 0 Å². The van der Waals surface area contributed by atoms with Gasteiger partial charge in [-0.15, -0.1) is 0 Å². The molecule has 0 aliphatic rings. The van der Waals surface area contributed by atoms with Crippen LogP contribution in [0.25, 0.3) is 22.2 Å². The van der Waals surface area contributed by atoms with Crippen molar-refractivity contribution in [3.05, 3.63) is 54.6 Å². The Hall–Kier alpha value is -2.22. The van der Waals surface area contributed by atoms with Gasteiger partial charge in [0.05, 0.1) is 11.8 Å². The van der Waals surface area contributed by atoms with Crippen molar-refractivity contribution >= 4 is 10.9 Å². The predicted molar refractivity (Wildman–Crippen MR) is 84.1 cm³/mol. The number of hydrogen-bond donors (Lipinski definition) is 0. The summed E-state index contributed by atoms with van der Waals surface area (Å²) in [5.41, 5.74) is 3.56. The van der Waals surface area contributed by atoms with Crippen molar-refractivity contribution in [2.75, 3.05) is 0 Å². The molecule has 0 N–H and O–H groups in total. The first kappa shape index (κ1) is 12.8. The molecular weight excluding hydrogens is 246 g/mol. The van der Waals surface area contributed by atoms with Crippen LogP contribution < -0.4 is 4.74 Å². The number of para-hydroxylation sites is 2. The van der Waals surface area contributed by atoms with Crippen LogP contribution in [-0.2, 0) is 7.05 Å². The van der Waals surface area contributed by atoms with Gasteiger partial charge in [-0.3, -0.25) is 0 Å². The summed E-state index contributed by atoms with van der Waals surface area (Å²) in [5, 5.41) is 1.25. The minimum absolute atomic E-state index is 0.172. The van der Waals surface area contributed by atoms with E-state index >= 15 is 0 Å². The summed E-state index contributed by atoms with van der Waals surface area (Å²) < 4.78 is 8.16. The Morgan fingerprint density at radius 1 is 0.950 bits per heavy atom. The number of rotatable bonds is 3. The van der Waals surface area contributed by atoms with Gasteiger partial charge in [0, 0.05) is 23.5 Å². The fraction of sp³-hybridized carbons (Fsp3) is 0.222. The van der Waals surface area contributed by atoms with Gasteiger partial charge in [0.1, 0.15) is 5.75 Å². The molecule has 102 valence electrons. The maximum atomic E-state index is 5.94. The second-order valence-electron chi connectivity index (χ2n) is 5.31. The highest BCUT2D eigenvalue weighted by Gasteiger charge is 2.12. The molecule has 2 nitrogen and oxygen atoms in total. The third-order valence-electron chi connectivity index (χ3n) is 3.48. The van der Waals surface area contributed by atoms with Gasteiger partial charge in [-0.2, -0.15) is 0 Å². The monoisotopic (exact) mass is 265 g/mol. The van der Waals surface area contributed by atoms with Crippen molar-refractivity contribution in [3.63, 3.8) is 0 Å². The minimum atomic E-state index is 0.172. The predicted octanol–water partition coefficient (Wildman–Crippen LogP) is 4.63. The number of nitrogens with zero attached hydrogens (tertiary/aromatic N) is 1. The van der Waals surface area contributed by atoms with Crippen molar-refractivity contribution in [3.8, 4) is 17.0 Å². The van der Waals surface area contributed by atoms with E-state index in [-0.39, 0.29) is 6.10 Å². The topological polar surface area (TPSA) is 14.2 Å². The van der Waals surface area contributed by atoms with E-state index in [0.717, 1.165) is 11.3 Å². The summed E-state index contributed by atoms with van der Waals surface area (Å²) in [6.07, 6.45) is 0.172. The van der Waals surface area contributed by atoms with Gasteiger partial charge in [-0.05, 0) is 38.1 Å². The lowest BCUT2D eigenvalue weighted by atomic mass is 10.1. The molecule has 0 fully saturated rings. The number of aryl methyl sites for hydroxylation is 1. The van der Waals surface area contributed by atoms with E-state index in [0.29, 0.717) is 0 Å². The van der Waals surface area contributed by atoms with Crippen LogP contribution in [0.1, 0.15) is 13.8 Å². The van der Waals surface area contributed by atoms with Gasteiger partial charge in [0.25, 0.3) is 0 Å². The number of benzene rings is 2. The lowest BCUT2D eigenvalue weighted by Crippen LogP contribution is -2.06. The van der Waals surface area contributed by atoms with Gasteiger partial charge in [-0.1, -0.05) is 30.3 Å². The molecule has 0 amide bonds. The standard InChI is InChI=1S/C18H19NO/c1-13(2)20-18-11-7-5-9-15(18)17-12-14-8-4-6-10-16(14)19(17)3/h4-13H,1-3H3. The third-order valence-corrected chi connectivity index (χ3v) is 3.48. The van der Waals surface area contributed by atoms with E-state index in [1.807, 2.05) is 12.1 Å². The average molecular weight is 265 g/mol. The second-order valence-corrected chi connectivity index (χ2v) is 5.31. The van der Waals surface area contributed by atoms with Gasteiger partial charge in [-0.25, -0.2) is 0 Å². The Bertz CT molecular complexity index is 740. The Morgan fingerprint density at radius 2 is 1.65 bits per heavy atom. The first-order valence-electron chi connectivity index (χ1n) is 6.97. The lowest BCUT2D eigenvalue weighted by molar-refractivity contribution is 0.243. The molecule has 1 aromatic heterocycles. The molecule has 20 heavy (non-hydrogen) atoms. The Kier molecular flexibility index (Phi) is 3.23. The van der Waals surface area contributed by atoms with Crippen molar-refractivity contribution in [1.82, 2.24) is 4.57 Å². The van der Waals surface area contributed by atoms with Gasteiger partial charge >= 0.3 is 0 Å². The average Bonchev–Trinajstić information content (AvgIpc) is 2.77. The molecular formula is C18H19NO. The zero-order valence-corrected chi connectivity index (χ0v) is 12.1. The fourth-order valence-electron chi connectivity index (χ4n) is 2.58. The highest BCUT2D eigenvalue weighted by molar-refractivity contribution is 5.88. The first-order valence-corrected chi connectivity index (χ1v) is 6.97. The summed E-state index contributed by atoms with van der Waals surface area (Å²) in [6.45, 7) is 4.11. The maximum absolute atomic E-state index is 5.94. The molecule has 0 aliphatic heterocycles. The molecule has 2 heteroatoms. The first-order chi connectivity index (χ1) is 9.66. The molecule has 0 saturated heterocycles. The quantitative estimate of drug-likeness (QED) is 0.673. The molecule has 0 bridgehead atoms. The van der Waals surface area contributed by atoms with Crippen LogP contribution in [0.3, 0.4) is 0 Å². The molecule has 0 unspecified atom stereocenters. The van der Waals surface area contributed by atoms with Gasteiger partial charge < -0.3 is 9.30 Å². The molecule has 2 aromatic carbocycles. The van der Waals surface area contributed by atoms with E-state index in [1.54, 1.807) is 0 Å². The zero-order valence-electron chi connectivity index (χ0n) is 12.1. The zero-order chi connectivity index (χ0) is 14.1. The normalized spacial score (nSPS) is 11.2. The van der Waals surface area contributed by atoms with Crippen molar-refractivity contribution in [1.29, 1.82) is 0 Å². The van der Waals surface area contributed by atoms with Crippen molar-refractivity contribution < 1.29 is 4.74 Å². The van der Waals surface area contributed by atoms with E-state index < -0.39 is 0 Å². The van der Waals surface area contributed by atoms with Crippen LogP contribution in [0.2, 0.25) is 0 Å². The summed E-state index contributed by atoms with van der Waals surface area (Å²) in [6, 6.07) is 18.9. The van der Waals surface area contributed by atoms with Crippen LogP contribution in [0.5, 0.6) is 5.75 Å². The van der Waals surface area contributed by atoms with Gasteiger partial charge in [0.2, 0.25) is 0 Å². The van der Waals surface area contributed by atoms with Crippen molar-refractivity contribution in [2.45, 2.75) is 20.0 Å². The van der Waals surface area contributed by atoms with Crippen LogP contribution in [0, 0.1) is 0 Å². The Labute approximate surface area is 119 Å². The lowest BCUT2D eigenvalue weighted by Gasteiger charge is -2.14. The van der Waals surface area contributed by atoms with E-state index in [1.165, 1.54) is 16.6 Å². The van der Waals surface area contributed by atoms with Crippen LogP contribution in [0.15, 0.2) is 54.6 Å². The van der Waals surface area contributed by atoms with Crippen LogP contribution in [-0.4, -0.2) is 10.7 Å². The molecule has 0 spiro atoms. The molecule has 0 radical (unpaired) electrons. The fourth-order valence-corrected chi connectivity index (χ4v) is 2.58. The molecule has 0 aliphatic carbocycles. The number of ether oxygens (including phenoxy) is 1. The summed E-state index contributed by atoms with van der Waals surface area (Å²) in [7, 11) is 2.10. The molecule has 3 rings (SSSR count). The summed E-state index contributed by atoms with van der Waals surface area (Å²) in [4.78, 5) is 0. The number of hydrogen-bond acceptors (Lipinski definition) is 1. The molecule has 0 atom stereocenters. The van der Waals surface area contributed by atoms with E-state index in [4.69, 9.17) is 4.74 Å². The third kappa shape index (κ3) is 2.18.